The molecule has 0 radical (unpaired) electrons. The number of hydrogen-bond donors (Lipinski definition) is 0. The van der Waals surface area contributed by atoms with Gasteiger partial charge in [-0.15, -0.1) is 0 Å². The largest absolute Gasteiger partial charge is 0.374 e. The molecule has 3 atom stereocenters. The highest BCUT2D eigenvalue weighted by Gasteiger charge is 2.44. The van der Waals surface area contributed by atoms with Gasteiger partial charge in [0.25, 0.3) is 0 Å². The Bertz CT molecular complexity index is 427. The molecule has 3 rings (SSSR count). The first kappa shape index (κ1) is 11.0. The van der Waals surface area contributed by atoms with Crippen molar-refractivity contribution in [2.45, 2.75) is 51.4 Å². The van der Waals surface area contributed by atoms with E-state index in [4.69, 9.17) is 4.74 Å². The quantitative estimate of drug-likeness (QED) is 0.794. The number of ketones is 1. The van der Waals surface area contributed by atoms with Crippen LogP contribution in [0.15, 0.2) is 12.4 Å². The fourth-order valence-corrected chi connectivity index (χ4v) is 3.06. The average Bonchev–Trinajstić information content (AvgIpc) is 3.03. The van der Waals surface area contributed by atoms with Crippen LogP contribution in [0.25, 0.3) is 0 Å². The van der Waals surface area contributed by atoms with Crippen molar-refractivity contribution in [3.05, 3.63) is 18.2 Å². The topological polar surface area (TPSA) is 44.1 Å². The number of nitrogens with zero attached hydrogens (tertiary/aromatic N) is 2. The minimum Gasteiger partial charge on any atom is -0.374 e. The molecule has 17 heavy (non-hydrogen) atoms. The minimum atomic E-state index is 0.121. The van der Waals surface area contributed by atoms with Crippen LogP contribution in [0.3, 0.4) is 0 Å². The van der Waals surface area contributed by atoms with E-state index in [-0.39, 0.29) is 12.0 Å². The monoisotopic (exact) mass is 234 g/mol. The number of rotatable bonds is 4. The Morgan fingerprint density at radius 3 is 3.12 bits per heavy atom. The first-order valence-electron chi connectivity index (χ1n) is 6.46. The van der Waals surface area contributed by atoms with Gasteiger partial charge < -0.3 is 9.30 Å². The van der Waals surface area contributed by atoms with Gasteiger partial charge in [-0.3, -0.25) is 4.79 Å². The van der Waals surface area contributed by atoms with Gasteiger partial charge in [0.15, 0.2) is 0 Å². The lowest BCUT2D eigenvalue weighted by atomic mass is 9.85. The van der Waals surface area contributed by atoms with Crippen LogP contribution in [-0.2, 0) is 22.5 Å². The first-order valence-corrected chi connectivity index (χ1v) is 6.46. The SMILES string of the molecule is CCn1ccnc1CC(=O)C1CC2CCC1O2. The number of aryl methyl sites for hydroxylation is 1. The van der Waals surface area contributed by atoms with Gasteiger partial charge in [-0.1, -0.05) is 0 Å². The fourth-order valence-electron chi connectivity index (χ4n) is 3.06. The summed E-state index contributed by atoms with van der Waals surface area (Å²) in [5, 5.41) is 0. The van der Waals surface area contributed by atoms with Crippen LogP contribution in [0.5, 0.6) is 0 Å². The second kappa shape index (κ2) is 4.26. The summed E-state index contributed by atoms with van der Waals surface area (Å²) in [7, 11) is 0. The highest BCUT2D eigenvalue weighted by atomic mass is 16.5. The van der Waals surface area contributed by atoms with Gasteiger partial charge in [0.05, 0.1) is 18.6 Å². The molecule has 0 aromatic carbocycles. The summed E-state index contributed by atoms with van der Waals surface area (Å²) in [6, 6.07) is 0. The van der Waals surface area contributed by atoms with E-state index in [9.17, 15) is 4.79 Å². The Labute approximate surface area is 101 Å². The van der Waals surface area contributed by atoms with Crippen LogP contribution < -0.4 is 0 Å². The zero-order valence-corrected chi connectivity index (χ0v) is 10.1. The summed E-state index contributed by atoms with van der Waals surface area (Å²) in [5.41, 5.74) is 0. The van der Waals surface area contributed by atoms with E-state index in [1.54, 1.807) is 6.20 Å². The Morgan fingerprint density at radius 2 is 2.47 bits per heavy atom. The number of ether oxygens (including phenoxy) is 1. The van der Waals surface area contributed by atoms with Gasteiger partial charge in [0.2, 0.25) is 0 Å². The summed E-state index contributed by atoms with van der Waals surface area (Å²) < 4.78 is 7.77. The maximum absolute atomic E-state index is 12.2. The Balaban J connectivity index is 1.68. The van der Waals surface area contributed by atoms with E-state index < -0.39 is 0 Å². The van der Waals surface area contributed by atoms with Crippen molar-refractivity contribution in [1.82, 2.24) is 9.55 Å². The number of imidazole rings is 1. The molecule has 92 valence electrons. The lowest BCUT2D eigenvalue weighted by Crippen LogP contribution is -2.27. The third-order valence-electron chi connectivity index (χ3n) is 3.99. The lowest BCUT2D eigenvalue weighted by Gasteiger charge is -2.17. The van der Waals surface area contributed by atoms with Gasteiger partial charge in [0, 0.05) is 24.9 Å². The van der Waals surface area contributed by atoms with Crippen LogP contribution in [0, 0.1) is 5.92 Å². The lowest BCUT2D eigenvalue weighted by molar-refractivity contribution is -0.123. The standard InChI is InChI=1S/C13H18N2O2/c1-2-15-6-5-14-13(15)8-11(16)10-7-9-3-4-12(10)17-9/h5-6,9-10,12H,2-4,7-8H2,1H3. The van der Waals surface area contributed by atoms with E-state index >= 15 is 0 Å². The highest BCUT2D eigenvalue weighted by molar-refractivity contribution is 5.83. The predicted molar refractivity (Wildman–Crippen MR) is 62.6 cm³/mol. The molecule has 2 aliphatic rings. The molecule has 0 spiro atoms. The number of carbonyl (C=O) groups excluding carboxylic acids is 1. The molecule has 4 heteroatoms. The molecule has 3 unspecified atom stereocenters. The molecule has 4 nitrogen and oxygen atoms in total. The van der Waals surface area contributed by atoms with Gasteiger partial charge in [-0.2, -0.15) is 0 Å². The molecule has 0 aliphatic carbocycles. The van der Waals surface area contributed by atoms with E-state index in [1.807, 2.05) is 10.8 Å². The summed E-state index contributed by atoms with van der Waals surface area (Å²) in [6.45, 7) is 2.94. The molecule has 0 N–H and O–H groups in total. The second-order valence-corrected chi connectivity index (χ2v) is 4.99. The predicted octanol–water partition coefficient (Wildman–Crippen LogP) is 1.58. The summed E-state index contributed by atoms with van der Waals surface area (Å²) in [5.74, 6) is 1.31. The summed E-state index contributed by atoms with van der Waals surface area (Å²) in [6.07, 6.45) is 7.82. The van der Waals surface area contributed by atoms with Crippen LogP contribution in [0.4, 0.5) is 0 Å². The molecule has 1 aromatic rings. The molecular formula is C13H18N2O2. The van der Waals surface area contributed by atoms with Crippen molar-refractivity contribution in [2.24, 2.45) is 5.92 Å². The van der Waals surface area contributed by atoms with Crippen molar-refractivity contribution in [1.29, 1.82) is 0 Å². The third kappa shape index (κ3) is 1.90. The molecule has 0 saturated carbocycles. The zero-order valence-electron chi connectivity index (χ0n) is 10.1. The molecule has 2 bridgehead atoms. The van der Waals surface area contributed by atoms with Gasteiger partial charge in [-0.25, -0.2) is 4.98 Å². The van der Waals surface area contributed by atoms with Crippen molar-refractivity contribution in [3.8, 4) is 0 Å². The number of aromatic nitrogens is 2. The first-order chi connectivity index (χ1) is 8.28. The summed E-state index contributed by atoms with van der Waals surface area (Å²) in [4.78, 5) is 16.5. The maximum atomic E-state index is 12.2. The van der Waals surface area contributed by atoms with Crippen LogP contribution in [0.2, 0.25) is 0 Å². The Kier molecular flexibility index (Phi) is 2.74. The minimum absolute atomic E-state index is 0.121. The normalized spacial score (nSPS) is 31.0. The van der Waals surface area contributed by atoms with E-state index in [0.29, 0.717) is 18.3 Å². The number of fused-ring (bicyclic) bond motifs is 2. The van der Waals surface area contributed by atoms with Crippen molar-refractivity contribution in [2.75, 3.05) is 0 Å². The maximum Gasteiger partial charge on any atom is 0.146 e. The number of hydrogen-bond acceptors (Lipinski definition) is 3. The van der Waals surface area contributed by atoms with Gasteiger partial charge in [0.1, 0.15) is 11.6 Å². The van der Waals surface area contributed by atoms with Gasteiger partial charge >= 0.3 is 0 Å². The molecule has 2 aliphatic heterocycles. The zero-order chi connectivity index (χ0) is 11.8. The van der Waals surface area contributed by atoms with E-state index in [0.717, 1.165) is 31.6 Å². The summed E-state index contributed by atoms with van der Waals surface area (Å²) >= 11 is 0. The smallest absolute Gasteiger partial charge is 0.146 e. The molecule has 3 heterocycles. The Hall–Kier alpha value is -1.16. The third-order valence-corrected chi connectivity index (χ3v) is 3.99. The van der Waals surface area contributed by atoms with Crippen molar-refractivity contribution < 1.29 is 9.53 Å². The molecule has 2 fully saturated rings. The van der Waals surface area contributed by atoms with Crippen molar-refractivity contribution >= 4 is 5.78 Å². The van der Waals surface area contributed by atoms with Crippen LogP contribution in [0.1, 0.15) is 32.0 Å². The van der Waals surface area contributed by atoms with E-state index in [2.05, 4.69) is 11.9 Å². The molecule has 2 saturated heterocycles. The van der Waals surface area contributed by atoms with Crippen LogP contribution >= 0.6 is 0 Å². The fraction of sp³-hybridized carbons (Fsp3) is 0.692. The molecule has 0 amide bonds. The van der Waals surface area contributed by atoms with Crippen LogP contribution in [-0.4, -0.2) is 27.5 Å². The van der Waals surface area contributed by atoms with Crippen molar-refractivity contribution in [3.63, 3.8) is 0 Å². The Morgan fingerprint density at radius 1 is 1.59 bits per heavy atom. The molecule has 1 aromatic heterocycles. The highest BCUT2D eigenvalue weighted by Crippen LogP contribution is 2.39. The number of carbonyl (C=O) groups is 1. The van der Waals surface area contributed by atoms with E-state index in [1.165, 1.54) is 0 Å². The van der Waals surface area contributed by atoms with Gasteiger partial charge in [-0.05, 0) is 26.2 Å². The average molecular weight is 234 g/mol. The molecular weight excluding hydrogens is 216 g/mol. The second-order valence-electron chi connectivity index (χ2n) is 4.99. The number of Topliss-reactive ketones (excluding diaryl/α,β-unsaturated/α-hetero) is 1.